The molecule has 6 heteroatoms. The van der Waals surface area contributed by atoms with Crippen molar-refractivity contribution >= 4 is 17.7 Å². The minimum absolute atomic E-state index is 0.244. The SMILES string of the molecule is CC(=O)NC(Cc1ccccc1)C(=O)OCC(=O)c1ccc(F)cc1. The Labute approximate surface area is 144 Å². The van der Waals surface area contributed by atoms with E-state index in [0.717, 1.165) is 17.7 Å². The lowest BCUT2D eigenvalue weighted by molar-refractivity contribution is -0.146. The molecular weight excluding hydrogens is 325 g/mol. The number of Topliss-reactive ketones (excluding diaryl/α,β-unsaturated/α-hetero) is 1. The third kappa shape index (κ3) is 5.84. The van der Waals surface area contributed by atoms with Crippen LogP contribution in [0.4, 0.5) is 4.39 Å². The van der Waals surface area contributed by atoms with Crippen LogP contribution in [0.1, 0.15) is 22.8 Å². The summed E-state index contributed by atoms with van der Waals surface area (Å²) in [5, 5.41) is 2.52. The summed E-state index contributed by atoms with van der Waals surface area (Å²) < 4.78 is 17.9. The van der Waals surface area contributed by atoms with E-state index in [1.807, 2.05) is 30.3 Å². The van der Waals surface area contributed by atoms with E-state index in [-0.39, 0.29) is 17.9 Å². The van der Waals surface area contributed by atoms with Crippen LogP contribution in [0.5, 0.6) is 0 Å². The van der Waals surface area contributed by atoms with Gasteiger partial charge in [-0.15, -0.1) is 0 Å². The molecule has 2 aromatic carbocycles. The van der Waals surface area contributed by atoms with Crippen LogP contribution in [0, 0.1) is 5.82 Å². The van der Waals surface area contributed by atoms with Gasteiger partial charge in [-0.25, -0.2) is 9.18 Å². The highest BCUT2D eigenvalue weighted by Crippen LogP contribution is 2.07. The zero-order chi connectivity index (χ0) is 18.2. The predicted octanol–water partition coefficient (Wildman–Crippen LogP) is 2.30. The average molecular weight is 343 g/mol. The number of hydrogen-bond acceptors (Lipinski definition) is 4. The first kappa shape index (κ1) is 18.3. The number of ketones is 1. The Morgan fingerprint density at radius 3 is 2.28 bits per heavy atom. The number of hydrogen-bond donors (Lipinski definition) is 1. The summed E-state index contributed by atoms with van der Waals surface area (Å²) in [4.78, 5) is 35.5. The molecule has 0 spiro atoms. The Morgan fingerprint density at radius 2 is 1.68 bits per heavy atom. The number of ether oxygens (including phenoxy) is 1. The zero-order valence-corrected chi connectivity index (χ0v) is 13.7. The molecule has 1 amide bonds. The van der Waals surface area contributed by atoms with Gasteiger partial charge in [0, 0.05) is 18.9 Å². The summed E-state index contributed by atoms with van der Waals surface area (Å²) in [6.07, 6.45) is 0.254. The fourth-order valence-corrected chi connectivity index (χ4v) is 2.24. The first-order chi connectivity index (χ1) is 12.0. The summed E-state index contributed by atoms with van der Waals surface area (Å²) in [5.41, 5.74) is 1.09. The normalized spacial score (nSPS) is 11.4. The molecule has 0 radical (unpaired) electrons. The summed E-state index contributed by atoms with van der Waals surface area (Å²) in [7, 11) is 0. The van der Waals surface area contributed by atoms with Crippen LogP contribution in [-0.4, -0.2) is 30.3 Å². The molecule has 5 nitrogen and oxygen atoms in total. The first-order valence-corrected chi connectivity index (χ1v) is 7.72. The van der Waals surface area contributed by atoms with Gasteiger partial charge in [0.15, 0.2) is 12.4 Å². The van der Waals surface area contributed by atoms with Crippen molar-refractivity contribution in [3.8, 4) is 0 Å². The molecule has 0 bridgehead atoms. The van der Waals surface area contributed by atoms with Gasteiger partial charge in [0.1, 0.15) is 11.9 Å². The Kier molecular flexibility index (Phi) is 6.39. The molecule has 0 saturated carbocycles. The highest BCUT2D eigenvalue weighted by Gasteiger charge is 2.22. The second-order valence-electron chi connectivity index (χ2n) is 5.48. The van der Waals surface area contributed by atoms with E-state index in [1.165, 1.54) is 19.1 Å². The number of rotatable bonds is 7. The van der Waals surface area contributed by atoms with Gasteiger partial charge in [-0.2, -0.15) is 0 Å². The minimum atomic E-state index is -0.888. The lowest BCUT2D eigenvalue weighted by atomic mass is 10.1. The highest BCUT2D eigenvalue weighted by molar-refractivity contribution is 5.98. The van der Waals surface area contributed by atoms with Gasteiger partial charge in [0.05, 0.1) is 0 Å². The van der Waals surface area contributed by atoms with Crippen molar-refractivity contribution in [2.24, 2.45) is 0 Å². The molecule has 130 valence electrons. The molecule has 1 atom stereocenters. The Balaban J connectivity index is 1.97. The smallest absolute Gasteiger partial charge is 0.329 e. The molecule has 1 N–H and O–H groups in total. The summed E-state index contributed by atoms with van der Waals surface area (Å²) in [5.74, 6) is -1.98. The van der Waals surface area contributed by atoms with E-state index in [4.69, 9.17) is 4.74 Å². The number of amides is 1. The van der Waals surface area contributed by atoms with Crippen LogP contribution in [0.3, 0.4) is 0 Å². The minimum Gasteiger partial charge on any atom is -0.456 e. The molecule has 0 saturated heterocycles. The number of carbonyl (C=O) groups excluding carboxylic acids is 3. The van der Waals surface area contributed by atoms with Gasteiger partial charge >= 0.3 is 5.97 Å². The molecule has 0 aliphatic carbocycles. The Bertz CT molecular complexity index is 744. The van der Waals surface area contributed by atoms with Crippen molar-refractivity contribution in [2.45, 2.75) is 19.4 Å². The maximum Gasteiger partial charge on any atom is 0.329 e. The van der Waals surface area contributed by atoms with Gasteiger partial charge in [0.25, 0.3) is 0 Å². The van der Waals surface area contributed by atoms with Crippen molar-refractivity contribution in [1.82, 2.24) is 5.32 Å². The van der Waals surface area contributed by atoms with E-state index in [1.54, 1.807) is 0 Å². The monoisotopic (exact) mass is 343 g/mol. The second kappa shape index (κ2) is 8.73. The number of carbonyl (C=O) groups is 3. The van der Waals surface area contributed by atoms with Crippen LogP contribution in [-0.2, 0) is 20.7 Å². The number of nitrogens with one attached hydrogen (secondary N) is 1. The van der Waals surface area contributed by atoms with Crippen LogP contribution in [0.2, 0.25) is 0 Å². The van der Waals surface area contributed by atoms with Crippen molar-refractivity contribution in [3.05, 3.63) is 71.5 Å². The topological polar surface area (TPSA) is 72.5 Å². The van der Waals surface area contributed by atoms with E-state index in [9.17, 15) is 18.8 Å². The highest BCUT2D eigenvalue weighted by atomic mass is 19.1. The zero-order valence-electron chi connectivity index (χ0n) is 13.7. The summed E-state index contributed by atoms with van der Waals surface area (Å²) in [6.45, 7) is 0.824. The lowest BCUT2D eigenvalue weighted by Crippen LogP contribution is -2.42. The van der Waals surface area contributed by atoms with E-state index in [2.05, 4.69) is 5.32 Å². The fourth-order valence-electron chi connectivity index (χ4n) is 2.24. The van der Waals surface area contributed by atoms with Gasteiger partial charge in [0.2, 0.25) is 5.91 Å². The third-order valence-corrected chi connectivity index (χ3v) is 3.46. The summed E-state index contributed by atoms with van der Waals surface area (Å²) >= 11 is 0. The fraction of sp³-hybridized carbons (Fsp3) is 0.211. The van der Waals surface area contributed by atoms with Crippen LogP contribution in [0.25, 0.3) is 0 Å². The third-order valence-electron chi connectivity index (χ3n) is 3.46. The Hall–Kier alpha value is -3.02. The van der Waals surface area contributed by atoms with Gasteiger partial charge in [-0.3, -0.25) is 9.59 Å². The predicted molar refractivity (Wildman–Crippen MR) is 89.4 cm³/mol. The number of benzene rings is 2. The lowest BCUT2D eigenvalue weighted by Gasteiger charge is -2.16. The standard InChI is InChI=1S/C19H18FNO4/c1-13(22)21-17(11-14-5-3-2-4-6-14)19(24)25-12-18(23)15-7-9-16(20)10-8-15/h2-10,17H,11-12H2,1H3,(H,21,22). The number of halogens is 1. The average Bonchev–Trinajstić information content (AvgIpc) is 2.60. The molecule has 2 rings (SSSR count). The molecule has 0 heterocycles. The molecule has 0 aliphatic rings. The van der Waals surface area contributed by atoms with Crippen molar-refractivity contribution in [1.29, 1.82) is 0 Å². The first-order valence-electron chi connectivity index (χ1n) is 7.72. The second-order valence-corrected chi connectivity index (χ2v) is 5.48. The quantitative estimate of drug-likeness (QED) is 0.618. The largest absolute Gasteiger partial charge is 0.456 e. The van der Waals surface area contributed by atoms with Gasteiger partial charge in [-0.1, -0.05) is 30.3 Å². The van der Waals surface area contributed by atoms with Crippen LogP contribution in [0.15, 0.2) is 54.6 Å². The molecule has 2 aromatic rings. The van der Waals surface area contributed by atoms with Gasteiger partial charge < -0.3 is 10.1 Å². The van der Waals surface area contributed by atoms with E-state index in [0.29, 0.717) is 0 Å². The summed E-state index contributed by atoms with van der Waals surface area (Å²) in [6, 6.07) is 13.2. The van der Waals surface area contributed by atoms with E-state index < -0.39 is 30.2 Å². The molecule has 0 aliphatic heterocycles. The maximum absolute atomic E-state index is 12.9. The van der Waals surface area contributed by atoms with Crippen molar-refractivity contribution in [3.63, 3.8) is 0 Å². The molecule has 0 fully saturated rings. The Morgan fingerprint density at radius 1 is 1.04 bits per heavy atom. The number of esters is 1. The van der Waals surface area contributed by atoms with E-state index >= 15 is 0 Å². The van der Waals surface area contributed by atoms with Crippen LogP contribution < -0.4 is 5.32 Å². The molecular formula is C19H18FNO4. The van der Waals surface area contributed by atoms with Gasteiger partial charge in [-0.05, 0) is 29.8 Å². The molecule has 0 aromatic heterocycles. The molecule has 25 heavy (non-hydrogen) atoms. The molecule has 1 unspecified atom stereocenters. The van der Waals surface area contributed by atoms with Crippen LogP contribution >= 0.6 is 0 Å². The van der Waals surface area contributed by atoms with Crippen molar-refractivity contribution in [2.75, 3.05) is 6.61 Å². The van der Waals surface area contributed by atoms with Crippen molar-refractivity contribution < 1.29 is 23.5 Å². The maximum atomic E-state index is 12.9.